The zero-order chi connectivity index (χ0) is 10.9. The number of thioether (sulfide) groups is 1. The summed E-state index contributed by atoms with van der Waals surface area (Å²) in [6.07, 6.45) is 10.9. The Balaban J connectivity index is 1.94. The molecule has 88 valence electrons. The van der Waals surface area contributed by atoms with Gasteiger partial charge in [-0.25, -0.2) is 0 Å². The fourth-order valence-corrected chi connectivity index (χ4v) is 3.13. The fourth-order valence-electron chi connectivity index (χ4n) is 1.91. The van der Waals surface area contributed by atoms with Crippen LogP contribution in [0, 0.1) is 0 Å². The van der Waals surface area contributed by atoms with Gasteiger partial charge in [-0.2, -0.15) is 0 Å². The van der Waals surface area contributed by atoms with Crippen LogP contribution in [0.5, 0.6) is 0 Å². The molecule has 0 saturated heterocycles. The lowest BCUT2D eigenvalue weighted by Gasteiger charge is -2.05. The van der Waals surface area contributed by atoms with Crippen LogP contribution in [0.1, 0.15) is 65.2 Å². The normalized spacial score (nSPS) is 20.7. The van der Waals surface area contributed by atoms with Crippen molar-refractivity contribution in [2.24, 2.45) is 4.99 Å². The van der Waals surface area contributed by atoms with Crippen molar-refractivity contribution in [3.8, 4) is 0 Å². The third-order valence-corrected chi connectivity index (χ3v) is 4.21. The molecule has 2 heteroatoms. The summed E-state index contributed by atoms with van der Waals surface area (Å²) in [7, 11) is 0. The Labute approximate surface area is 99.1 Å². The second kappa shape index (κ2) is 8.20. The number of hydrogen-bond acceptors (Lipinski definition) is 2. The van der Waals surface area contributed by atoms with E-state index in [9.17, 15) is 0 Å². The zero-order valence-corrected chi connectivity index (χ0v) is 11.1. The molecule has 1 nitrogen and oxygen atoms in total. The third-order valence-electron chi connectivity index (χ3n) is 2.98. The molecule has 1 atom stereocenters. The molecule has 0 aromatic carbocycles. The second-order valence-electron chi connectivity index (χ2n) is 4.37. The SMILES string of the molecule is CCCCCCCCC1N=C(CC)CS1. The maximum atomic E-state index is 4.72. The molecular weight excluding hydrogens is 202 g/mol. The van der Waals surface area contributed by atoms with Crippen LogP contribution in [-0.4, -0.2) is 16.8 Å². The standard InChI is InChI=1S/C13H25NS/c1-3-5-6-7-8-9-10-13-14-12(4-2)11-15-13/h13H,3-11H2,1-2H3. The lowest BCUT2D eigenvalue weighted by atomic mass is 10.1. The first-order valence-corrected chi connectivity index (χ1v) is 7.58. The highest BCUT2D eigenvalue weighted by Crippen LogP contribution is 2.26. The van der Waals surface area contributed by atoms with E-state index in [4.69, 9.17) is 4.99 Å². The first kappa shape index (κ1) is 13.1. The van der Waals surface area contributed by atoms with Crippen LogP contribution in [-0.2, 0) is 0 Å². The molecule has 0 spiro atoms. The van der Waals surface area contributed by atoms with Gasteiger partial charge < -0.3 is 0 Å². The smallest absolute Gasteiger partial charge is 0.0954 e. The van der Waals surface area contributed by atoms with Crippen LogP contribution in [0.3, 0.4) is 0 Å². The van der Waals surface area contributed by atoms with Gasteiger partial charge in [-0.05, 0) is 12.8 Å². The molecule has 0 aliphatic carbocycles. The van der Waals surface area contributed by atoms with Gasteiger partial charge in [0.2, 0.25) is 0 Å². The van der Waals surface area contributed by atoms with Crippen LogP contribution < -0.4 is 0 Å². The highest BCUT2D eigenvalue weighted by Gasteiger charge is 2.15. The van der Waals surface area contributed by atoms with E-state index in [0.29, 0.717) is 5.37 Å². The van der Waals surface area contributed by atoms with Crippen LogP contribution in [0.4, 0.5) is 0 Å². The van der Waals surface area contributed by atoms with Crippen molar-refractivity contribution < 1.29 is 0 Å². The number of unbranched alkanes of at least 4 members (excludes halogenated alkanes) is 5. The Morgan fingerprint density at radius 2 is 1.87 bits per heavy atom. The van der Waals surface area contributed by atoms with Crippen molar-refractivity contribution in [1.82, 2.24) is 0 Å². The molecule has 1 heterocycles. The molecule has 0 aromatic heterocycles. The first-order valence-electron chi connectivity index (χ1n) is 6.54. The van der Waals surface area contributed by atoms with Crippen LogP contribution in [0.15, 0.2) is 4.99 Å². The molecule has 0 saturated carbocycles. The molecule has 1 aliphatic rings. The Morgan fingerprint density at radius 3 is 2.53 bits per heavy atom. The summed E-state index contributed by atoms with van der Waals surface area (Å²) in [4.78, 5) is 4.72. The van der Waals surface area contributed by atoms with E-state index in [1.54, 1.807) is 0 Å². The van der Waals surface area contributed by atoms with Gasteiger partial charge in [-0.3, -0.25) is 4.99 Å². The number of hydrogen-bond donors (Lipinski definition) is 0. The molecule has 0 radical (unpaired) electrons. The van der Waals surface area contributed by atoms with Crippen molar-refractivity contribution in [2.75, 3.05) is 5.75 Å². The molecule has 1 unspecified atom stereocenters. The van der Waals surface area contributed by atoms with E-state index < -0.39 is 0 Å². The fraction of sp³-hybridized carbons (Fsp3) is 0.923. The summed E-state index contributed by atoms with van der Waals surface area (Å²) in [6.45, 7) is 4.49. The van der Waals surface area contributed by atoms with Gasteiger partial charge in [-0.15, -0.1) is 11.8 Å². The van der Waals surface area contributed by atoms with Gasteiger partial charge in [0.15, 0.2) is 0 Å². The summed E-state index contributed by atoms with van der Waals surface area (Å²) in [5.74, 6) is 1.19. The topological polar surface area (TPSA) is 12.4 Å². The van der Waals surface area contributed by atoms with Crippen molar-refractivity contribution in [3.63, 3.8) is 0 Å². The van der Waals surface area contributed by atoms with Gasteiger partial charge in [0.1, 0.15) is 0 Å². The van der Waals surface area contributed by atoms with E-state index in [-0.39, 0.29) is 0 Å². The summed E-state index contributed by atoms with van der Waals surface area (Å²) >= 11 is 2.04. The van der Waals surface area contributed by atoms with E-state index in [0.717, 1.165) is 6.42 Å². The highest BCUT2D eigenvalue weighted by atomic mass is 32.2. The summed E-state index contributed by atoms with van der Waals surface area (Å²) in [5.41, 5.74) is 1.43. The molecule has 15 heavy (non-hydrogen) atoms. The first-order chi connectivity index (χ1) is 7.36. The number of aliphatic imine (C=N–C) groups is 1. The van der Waals surface area contributed by atoms with E-state index >= 15 is 0 Å². The van der Waals surface area contributed by atoms with Crippen molar-refractivity contribution in [2.45, 2.75) is 70.6 Å². The van der Waals surface area contributed by atoms with Gasteiger partial charge in [0.05, 0.1) is 5.37 Å². The van der Waals surface area contributed by atoms with Crippen LogP contribution >= 0.6 is 11.8 Å². The van der Waals surface area contributed by atoms with Gasteiger partial charge in [-0.1, -0.05) is 52.4 Å². The number of rotatable bonds is 8. The molecule has 0 aromatic rings. The van der Waals surface area contributed by atoms with Crippen molar-refractivity contribution in [1.29, 1.82) is 0 Å². The highest BCUT2D eigenvalue weighted by molar-refractivity contribution is 8.00. The van der Waals surface area contributed by atoms with Gasteiger partial charge in [0, 0.05) is 11.5 Å². The molecule has 1 rings (SSSR count). The lowest BCUT2D eigenvalue weighted by Crippen LogP contribution is -1.94. The summed E-state index contributed by atoms with van der Waals surface area (Å²) in [6, 6.07) is 0. The second-order valence-corrected chi connectivity index (χ2v) is 5.54. The lowest BCUT2D eigenvalue weighted by molar-refractivity contribution is 0.586. The van der Waals surface area contributed by atoms with Gasteiger partial charge >= 0.3 is 0 Å². The molecule has 0 amide bonds. The average molecular weight is 227 g/mol. The monoisotopic (exact) mass is 227 g/mol. The maximum Gasteiger partial charge on any atom is 0.0954 e. The Morgan fingerprint density at radius 1 is 1.13 bits per heavy atom. The van der Waals surface area contributed by atoms with E-state index in [2.05, 4.69) is 13.8 Å². The maximum absolute atomic E-state index is 4.72. The Hall–Kier alpha value is 0.0200. The summed E-state index contributed by atoms with van der Waals surface area (Å²) < 4.78 is 0. The predicted octanol–water partition coefficient (Wildman–Crippen LogP) is 4.66. The van der Waals surface area contributed by atoms with E-state index in [1.165, 1.54) is 56.4 Å². The van der Waals surface area contributed by atoms with E-state index in [1.807, 2.05) is 11.8 Å². The molecule has 0 N–H and O–H groups in total. The largest absolute Gasteiger partial charge is 0.279 e. The molecule has 0 bridgehead atoms. The van der Waals surface area contributed by atoms with Gasteiger partial charge in [0.25, 0.3) is 0 Å². The third kappa shape index (κ3) is 5.60. The molecular formula is C13H25NS. The van der Waals surface area contributed by atoms with Crippen molar-refractivity contribution >= 4 is 17.5 Å². The minimum atomic E-state index is 0.603. The Kier molecular flexibility index (Phi) is 7.16. The van der Waals surface area contributed by atoms with Crippen LogP contribution in [0.2, 0.25) is 0 Å². The predicted molar refractivity (Wildman–Crippen MR) is 72.0 cm³/mol. The molecule has 0 fully saturated rings. The Bertz CT molecular complexity index is 189. The quantitative estimate of drug-likeness (QED) is 0.549. The number of nitrogens with zero attached hydrogens (tertiary/aromatic N) is 1. The molecule has 1 aliphatic heterocycles. The zero-order valence-electron chi connectivity index (χ0n) is 10.3. The summed E-state index contributed by atoms with van der Waals surface area (Å²) in [5, 5.41) is 0.603. The van der Waals surface area contributed by atoms with Crippen LogP contribution in [0.25, 0.3) is 0 Å². The minimum absolute atomic E-state index is 0.603. The minimum Gasteiger partial charge on any atom is -0.279 e. The average Bonchev–Trinajstić information content (AvgIpc) is 2.71. The van der Waals surface area contributed by atoms with Crippen molar-refractivity contribution in [3.05, 3.63) is 0 Å².